The standard InChI is InChI=1S/C3H8INOP2/c1-2(7)5(8)3(4)6/h2H,7-8H2,1H3. The van der Waals surface area contributed by atoms with Gasteiger partial charge in [-0.05, 0) is 16.3 Å². The van der Waals surface area contributed by atoms with Gasteiger partial charge < -0.3 is 4.67 Å². The fourth-order valence-corrected chi connectivity index (χ4v) is 1.04. The summed E-state index contributed by atoms with van der Waals surface area (Å²) < 4.78 is 1.60. The largest absolute Gasteiger partial charge is 0.313 e. The number of amides is 1. The van der Waals surface area contributed by atoms with Crippen molar-refractivity contribution >= 4 is 45.1 Å². The van der Waals surface area contributed by atoms with Crippen molar-refractivity contribution in [2.45, 2.75) is 12.7 Å². The smallest absolute Gasteiger partial charge is 0.286 e. The normalized spacial score (nSPS) is 13.0. The molecule has 0 aromatic rings. The molecule has 0 heterocycles. The molecule has 0 saturated carbocycles. The molecular formula is C3H8INOP2. The van der Waals surface area contributed by atoms with Crippen molar-refractivity contribution in [3.05, 3.63) is 0 Å². The quantitative estimate of drug-likeness (QED) is 0.306. The van der Waals surface area contributed by atoms with Gasteiger partial charge in [-0.25, -0.2) is 0 Å². The first-order valence-corrected chi connectivity index (χ1v) is 4.31. The summed E-state index contributed by atoms with van der Waals surface area (Å²) >= 11 is 1.74. The molecule has 0 aliphatic heterocycles. The van der Waals surface area contributed by atoms with Gasteiger partial charge in [0, 0.05) is 28.4 Å². The van der Waals surface area contributed by atoms with Gasteiger partial charge in [-0.15, -0.1) is 9.24 Å². The van der Waals surface area contributed by atoms with Crippen LogP contribution in [0.4, 0.5) is 4.79 Å². The highest BCUT2D eigenvalue weighted by Gasteiger charge is 2.06. The van der Waals surface area contributed by atoms with E-state index in [4.69, 9.17) is 0 Å². The maximum Gasteiger partial charge on any atom is 0.286 e. The van der Waals surface area contributed by atoms with E-state index in [1.54, 1.807) is 27.3 Å². The van der Waals surface area contributed by atoms with E-state index in [9.17, 15) is 4.79 Å². The van der Waals surface area contributed by atoms with E-state index in [-0.39, 0.29) is 9.70 Å². The summed E-state index contributed by atoms with van der Waals surface area (Å²) in [7, 11) is 4.87. The van der Waals surface area contributed by atoms with Gasteiger partial charge in [0.2, 0.25) is 0 Å². The van der Waals surface area contributed by atoms with Crippen LogP contribution in [0, 0.1) is 0 Å². The Bertz CT molecular complexity index is 97.3. The zero-order chi connectivity index (χ0) is 6.73. The molecule has 8 heavy (non-hydrogen) atoms. The highest BCUT2D eigenvalue weighted by atomic mass is 127. The van der Waals surface area contributed by atoms with Gasteiger partial charge in [-0.3, -0.25) is 4.79 Å². The van der Waals surface area contributed by atoms with Gasteiger partial charge in [0.15, 0.2) is 0 Å². The number of halogens is 1. The minimum absolute atomic E-state index is 0.0371. The zero-order valence-corrected chi connectivity index (χ0v) is 8.93. The molecule has 0 saturated heterocycles. The molecule has 0 rings (SSSR count). The van der Waals surface area contributed by atoms with Crippen LogP contribution in [0.3, 0.4) is 0 Å². The number of rotatable bonds is 1. The summed E-state index contributed by atoms with van der Waals surface area (Å²) in [5.41, 5.74) is 0. The molecule has 0 bridgehead atoms. The third kappa shape index (κ3) is 3.16. The van der Waals surface area contributed by atoms with Crippen molar-refractivity contribution in [2.24, 2.45) is 0 Å². The second-order valence-electron chi connectivity index (χ2n) is 1.40. The number of carbonyl (C=O) groups excluding carboxylic acids is 1. The fourth-order valence-electron chi connectivity index (χ4n) is 0.160. The van der Waals surface area contributed by atoms with Gasteiger partial charge >= 0.3 is 0 Å². The van der Waals surface area contributed by atoms with Gasteiger partial charge in [-0.1, -0.05) is 0 Å². The fraction of sp³-hybridized carbons (Fsp3) is 0.667. The molecule has 5 heteroatoms. The van der Waals surface area contributed by atoms with Gasteiger partial charge in [0.1, 0.15) is 0 Å². The molecule has 0 aliphatic carbocycles. The summed E-state index contributed by atoms with van der Waals surface area (Å²) in [6.07, 6.45) is 0. The Hall–Kier alpha value is 1.06. The molecule has 3 atom stereocenters. The van der Waals surface area contributed by atoms with Gasteiger partial charge in [-0.2, -0.15) is 0 Å². The Labute approximate surface area is 67.4 Å². The number of nitrogens with zero attached hydrogens (tertiary/aromatic N) is 1. The maximum atomic E-state index is 10.5. The van der Waals surface area contributed by atoms with Gasteiger partial charge in [0.05, 0.1) is 0 Å². The van der Waals surface area contributed by atoms with Crippen molar-refractivity contribution < 1.29 is 4.79 Å². The van der Waals surface area contributed by atoms with E-state index in [0.717, 1.165) is 0 Å². The summed E-state index contributed by atoms with van der Waals surface area (Å²) in [6, 6.07) is 0. The van der Waals surface area contributed by atoms with E-state index >= 15 is 0 Å². The topological polar surface area (TPSA) is 20.3 Å². The molecule has 1 amide bonds. The molecule has 0 N–H and O–H groups in total. The van der Waals surface area contributed by atoms with Crippen molar-refractivity contribution in [1.29, 1.82) is 0 Å². The van der Waals surface area contributed by atoms with Crippen LogP contribution < -0.4 is 0 Å². The predicted molar refractivity (Wildman–Crippen MR) is 50.1 cm³/mol. The first kappa shape index (κ1) is 9.06. The minimum atomic E-state index is 0.0371. The zero-order valence-electron chi connectivity index (χ0n) is 4.47. The molecule has 0 aromatic carbocycles. The first-order valence-electron chi connectivity index (χ1n) is 2.04. The molecule has 0 aromatic heterocycles. The van der Waals surface area contributed by atoms with E-state index < -0.39 is 0 Å². The van der Waals surface area contributed by atoms with E-state index in [0.29, 0.717) is 0 Å². The SMILES string of the molecule is CC(P)N(P)C(=O)I. The Morgan fingerprint density at radius 1 is 1.88 bits per heavy atom. The summed E-state index contributed by atoms with van der Waals surface area (Å²) in [5.74, 6) is 0.199. The third-order valence-electron chi connectivity index (χ3n) is 0.642. The lowest BCUT2D eigenvalue weighted by atomic mass is 10.7. The van der Waals surface area contributed by atoms with Crippen LogP contribution >= 0.6 is 41.2 Å². The molecule has 2 nitrogen and oxygen atoms in total. The molecule has 3 unspecified atom stereocenters. The van der Waals surface area contributed by atoms with Crippen LogP contribution in [0.25, 0.3) is 0 Å². The van der Waals surface area contributed by atoms with Crippen LogP contribution in [0.15, 0.2) is 0 Å². The summed E-state index contributed by atoms with van der Waals surface area (Å²) in [4.78, 5) is 10.5. The Balaban J connectivity index is 3.64. The van der Waals surface area contributed by atoms with E-state index in [2.05, 4.69) is 18.6 Å². The van der Waals surface area contributed by atoms with Crippen molar-refractivity contribution in [1.82, 2.24) is 4.67 Å². The van der Waals surface area contributed by atoms with Crippen LogP contribution in [0.2, 0.25) is 0 Å². The van der Waals surface area contributed by atoms with Crippen molar-refractivity contribution in [2.75, 3.05) is 0 Å². The Morgan fingerprint density at radius 3 is 2.25 bits per heavy atom. The first-order chi connectivity index (χ1) is 3.55. The molecular weight excluding hydrogens is 255 g/mol. The lowest BCUT2D eigenvalue weighted by Gasteiger charge is -2.16. The highest BCUT2D eigenvalue weighted by molar-refractivity contribution is 14.1. The second-order valence-corrected chi connectivity index (χ2v) is 3.84. The van der Waals surface area contributed by atoms with Crippen molar-refractivity contribution in [3.63, 3.8) is 0 Å². The van der Waals surface area contributed by atoms with Crippen LogP contribution in [-0.2, 0) is 0 Å². The maximum absolute atomic E-state index is 10.5. The summed E-state index contributed by atoms with van der Waals surface area (Å²) in [5, 5.41) is 0. The lowest BCUT2D eigenvalue weighted by molar-refractivity contribution is 0.250. The predicted octanol–water partition coefficient (Wildman–Crippen LogP) is 1.85. The number of hydrogen-bond donors (Lipinski definition) is 0. The number of hydrogen-bond acceptors (Lipinski definition) is 1. The molecule has 0 radical (unpaired) electrons. The van der Waals surface area contributed by atoms with Gasteiger partial charge in [0.25, 0.3) is 3.91 Å². The number of carbonyl (C=O) groups is 1. The van der Waals surface area contributed by atoms with Crippen LogP contribution in [0.1, 0.15) is 6.92 Å². The summed E-state index contributed by atoms with van der Waals surface area (Å²) in [6.45, 7) is 1.92. The average molecular weight is 263 g/mol. The molecule has 48 valence electrons. The molecule has 0 fully saturated rings. The van der Waals surface area contributed by atoms with Crippen molar-refractivity contribution in [3.8, 4) is 0 Å². The second kappa shape index (κ2) is 3.97. The molecule has 0 spiro atoms. The lowest BCUT2D eigenvalue weighted by Crippen LogP contribution is -2.18. The Kier molecular flexibility index (Phi) is 4.50. The minimum Gasteiger partial charge on any atom is -0.313 e. The van der Waals surface area contributed by atoms with E-state index in [1.807, 2.05) is 6.92 Å². The Morgan fingerprint density at radius 2 is 2.25 bits per heavy atom. The average Bonchev–Trinajstić information content (AvgIpc) is 1.64. The van der Waals surface area contributed by atoms with Crippen LogP contribution in [-0.4, -0.2) is 14.4 Å². The highest BCUT2D eigenvalue weighted by Crippen LogP contribution is 2.15. The monoisotopic (exact) mass is 263 g/mol. The van der Waals surface area contributed by atoms with E-state index in [1.165, 1.54) is 0 Å². The third-order valence-corrected chi connectivity index (χ3v) is 3.09. The van der Waals surface area contributed by atoms with Crippen LogP contribution in [0.5, 0.6) is 0 Å². The molecule has 0 aliphatic rings.